The van der Waals surface area contributed by atoms with Gasteiger partial charge in [0.2, 0.25) is 5.91 Å². The van der Waals surface area contributed by atoms with Crippen molar-refractivity contribution in [1.82, 2.24) is 5.06 Å². The SMILES string of the molecule is C=CC1CCCCCC(=O)N1OC. The quantitative estimate of drug-likeness (QED) is 0.612. The molecule has 0 aliphatic carbocycles. The lowest BCUT2D eigenvalue weighted by molar-refractivity contribution is -0.185. The van der Waals surface area contributed by atoms with E-state index in [0.717, 1.165) is 25.7 Å². The molecular formula is C10H17NO2. The molecule has 0 radical (unpaired) electrons. The summed E-state index contributed by atoms with van der Waals surface area (Å²) in [5.74, 6) is 0.0760. The standard InChI is InChI=1S/C10H17NO2/c1-3-9-7-5-4-6-8-10(12)11(9)13-2/h3,9H,1,4-8H2,2H3. The topological polar surface area (TPSA) is 29.5 Å². The summed E-state index contributed by atoms with van der Waals surface area (Å²) >= 11 is 0. The smallest absolute Gasteiger partial charge is 0.246 e. The van der Waals surface area contributed by atoms with Gasteiger partial charge in [-0.2, -0.15) is 0 Å². The van der Waals surface area contributed by atoms with Gasteiger partial charge in [-0.25, -0.2) is 5.06 Å². The zero-order valence-corrected chi connectivity index (χ0v) is 8.16. The predicted octanol–water partition coefficient (Wildman–Crippen LogP) is 1.90. The maximum absolute atomic E-state index is 11.5. The van der Waals surface area contributed by atoms with Crippen LogP contribution in [-0.2, 0) is 9.63 Å². The molecule has 1 heterocycles. The van der Waals surface area contributed by atoms with Gasteiger partial charge in [0.05, 0.1) is 13.2 Å². The molecule has 0 spiro atoms. The van der Waals surface area contributed by atoms with Crippen LogP contribution in [0.1, 0.15) is 32.1 Å². The maximum Gasteiger partial charge on any atom is 0.246 e. The molecule has 1 amide bonds. The van der Waals surface area contributed by atoms with E-state index in [1.54, 1.807) is 6.08 Å². The summed E-state index contributed by atoms with van der Waals surface area (Å²) in [5, 5.41) is 1.45. The van der Waals surface area contributed by atoms with E-state index in [1.807, 2.05) is 0 Å². The third kappa shape index (κ3) is 2.56. The van der Waals surface area contributed by atoms with Crippen LogP contribution >= 0.6 is 0 Å². The molecule has 1 atom stereocenters. The Bertz CT molecular complexity index is 191. The summed E-state index contributed by atoms with van der Waals surface area (Å²) in [6.45, 7) is 3.72. The number of carbonyl (C=O) groups is 1. The molecule has 74 valence electrons. The summed E-state index contributed by atoms with van der Waals surface area (Å²) in [7, 11) is 1.54. The molecule has 0 aromatic rings. The van der Waals surface area contributed by atoms with Crippen LogP contribution in [0.3, 0.4) is 0 Å². The third-order valence-electron chi connectivity index (χ3n) is 2.41. The Labute approximate surface area is 79.3 Å². The molecule has 0 N–H and O–H groups in total. The maximum atomic E-state index is 11.5. The number of rotatable bonds is 2. The minimum absolute atomic E-state index is 0.0535. The van der Waals surface area contributed by atoms with Gasteiger partial charge < -0.3 is 0 Å². The van der Waals surface area contributed by atoms with Crippen LogP contribution in [0, 0.1) is 0 Å². The van der Waals surface area contributed by atoms with Gasteiger partial charge in [0.15, 0.2) is 0 Å². The van der Waals surface area contributed by atoms with Crippen molar-refractivity contribution >= 4 is 5.91 Å². The fourth-order valence-electron chi connectivity index (χ4n) is 1.67. The molecule has 13 heavy (non-hydrogen) atoms. The van der Waals surface area contributed by atoms with Gasteiger partial charge in [-0.05, 0) is 12.8 Å². The average Bonchev–Trinajstić information content (AvgIpc) is 2.12. The van der Waals surface area contributed by atoms with E-state index in [0.29, 0.717) is 6.42 Å². The number of carbonyl (C=O) groups excluding carboxylic acids is 1. The Morgan fingerprint density at radius 2 is 2.31 bits per heavy atom. The first-order valence-corrected chi connectivity index (χ1v) is 4.78. The number of hydrogen-bond acceptors (Lipinski definition) is 2. The molecule has 1 aliphatic heterocycles. The van der Waals surface area contributed by atoms with E-state index in [9.17, 15) is 4.79 Å². The van der Waals surface area contributed by atoms with E-state index in [-0.39, 0.29) is 11.9 Å². The van der Waals surface area contributed by atoms with Crippen LogP contribution in [-0.4, -0.2) is 24.1 Å². The van der Waals surface area contributed by atoms with Gasteiger partial charge >= 0.3 is 0 Å². The molecule has 1 saturated heterocycles. The van der Waals surface area contributed by atoms with Crippen molar-refractivity contribution in [1.29, 1.82) is 0 Å². The lowest BCUT2D eigenvalue weighted by Crippen LogP contribution is -2.39. The van der Waals surface area contributed by atoms with Crippen molar-refractivity contribution in [2.45, 2.75) is 38.1 Å². The Morgan fingerprint density at radius 1 is 1.54 bits per heavy atom. The van der Waals surface area contributed by atoms with Gasteiger partial charge in [0.1, 0.15) is 0 Å². The normalized spacial score (nSPS) is 25.2. The highest BCUT2D eigenvalue weighted by Gasteiger charge is 2.22. The minimum Gasteiger partial charge on any atom is -0.274 e. The second kappa shape index (κ2) is 5.02. The molecule has 0 saturated carbocycles. The summed E-state index contributed by atoms with van der Waals surface area (Å²) in [6, 6.07) is 0.0535. The third-order valence-corrected chi connectivity index (χ3v) is 2.41. The summed E-state index contributed by atoms with van der Waals surface area (Å²) in [6.07, 6.45) is 6.59. The minimum atomic E-state index is 0.0535. The lowest BCUT2D eigenvalue weighted by Gasteiger charge is -2.28. The summed E-state index contributed by atoms with van der Waals surface area (Å²) < 4.78 is 0. The monoisotopic (exact) mass is 183 g/mol. The second-order valence-electron chi connectivity index (χ2n) is 3.30. The number of nitrogens with zero attached hydrogens (tertiary/aromatic N) is 1. The molecule has 1 unspecified atom stereocenters. The molecule has 1 aliphatic rings. The van der Waals surface area contributed by atoms with E-state index in [1.165, 1.54) is 12.2 Å². The molecular weight excluding hydrogens is 166 g/mol. The van der Waals surface area contributed by atoms with Crippen molar-refractivity contribution in [3.63, 3.8) is 0 Å². The van der Waals surface area contributed by atoms with Crippen LogP contribution < -0.4 is 0 Å². The molecule has 1 rings (SSSR count). The lowest BCUT2D eigenvalue weighted by atomic mass is 10.0. The van der Waals surface area contributed by atoms with Crippen molar-refractivity contribution in [3.05, 3.63) is 12.7 Å². The van der Waals surface area contributed by atoms with Gasteiger partial charge in [-0.3, -0.25) is 9.63 Å². The molecule has 3 nitrogen and oxygen atoms in total. The Hall–Kier alpha value is -0.830. The van der Waals surface area contributed by atoms with Crippen LogP contribution in [0.2, 0.25) is 0 Å². The average molecular weight is 183 g/mol. The Balaban J connectivity index is 2.65. The largest absolute Gasteiger partial charge is 0.274 e. The van der Waals surface area contributed by atoms with Crippen LogP contribution in [0.25, 0.3) is 0 Å². The fourth-order valence-corrected chi connectivity index (χ4v) is 1.67. The number of hydroxylamine groups is 2. The van der Waals surface area contributed by atoms with Crippen LogP contribution in [0.4, 0.5) is 0 Å². The van der Waals surface area contributed by atoms with Crippen LogP contribution in [0.15, 0.2) is 12.7 Å². The first-order chi connectivity index (χ1) is 6.29. The highest BCUT2D eigenvalue weighted by atomic mass is 16.7. The number of amides is 1. The van der Waals surface area contributed by atoms with E-state index >= 15 is 0 Å². The second-order valence-corrected chi connectivity index (χ2v) is 3.30. The van der Waals surface area contributed by atoms with E-state index < -0.39 is 0 Å². The first-order valence-electron chi connectivity index (χ1n) is 4.78. The van der Waals surface area contributed by atoms with Crippen LogP contribution in [0.5, 0.6) is 0 Å². The zero-order valence-electron chi connectivity index (χ0n) is 8.16. The fraction of sp³-hybridized carbons (Fsp3) is 0.700. The summed E-state index contributed by atoms with van der Waals surface area (Å²) in [5.41, 5.74) is 0. The summed E-state index contributed by atoms with van der Waals surface area (Å²) in [4.78, 5) is 16.6. The number of hydrogen-bond donors (Lipinski definition) is 0. The van der Waals surface area contributed by atoms with Crippen molar-refractivity contribution in [3.8, 4) is 0 Å². The molecule has 3 heteroatoms. The van der Waals surface area contributed by atoms with E-state index in [2.05, 4.69) is 6.58 Å². The van der Waals surface area contributed by atoms with Crippen molar-refractivity contribution in [2.75, 3.05) is 7.11 Å². The Kier molecular flexibility index (Phi) is 3.96. The Morgan fingerprint density at radius 3 is 2.92 bits per heavy atom. The van der Waals surface area contributed by atoms with Crippen molar-refractivity contribution < 1.29 is 9.63 Å². The molecule has 0 aromatic heterocycles. The van der Waals surface area contributed by atoms with Gasteiger partial charge in [0, 0.05) is 6.42 Å². The molecule has 0 aromatic carbocycles. The molecule has 0 bridgehead atoms. The highest BCUT2D eigenvalue weighted by molar-refractivity contribution is 5.75. The van der Waals surface area contributed by atoms with Gasteiger partial charge in [-0.15, -0.1) is 6.58 Å². The van der Waals surface area contributed by atoms with E-state index in [4.69, 9.17) is 4.84 Å². The van der Waals surface area contributed by atoms with Gasteiger partial charge in [-0.1, -0.05) is 18.9 Å². The molecule has 1 fully saturated rings. The zero-order chi connectivity index (χ0) is 9.68. The first kappa shape index (κ1) is 10.3. The van der Waals surface area contributed by atoms with Crippen molar-refractivity contribution in [2.24, 2.45) is 0 Å². The van der Waals surface area contributed by atoms with Gasteiger partial charge in [0.25, 0.3) is 0 Å². The predicted molar refractivity (Wildman–Crippen MR) is 50.9 cm³/mol. The highest BCUT2D eigenvalue weighted by Crippen LogP contribution is 2.17.